The molecule has 1 aromatic carbocycles. The molecule has 2 aliphatic rings. The first-order valence-corrected chi connectivity index (χ1v) is 8.84. The van der Waals surface area contributed by atoms with E-state index in [-0.39, 0.29) is 5.91 Å². The van der Waals surface area contributed by atoms with Crippen LogP contribution in [0.3, 0.4) is 0 Å². The summed E-state index contributed by atoms with van der Waals surface area (Å²) < 4.78 is 0. The zero-order chi connectivity index (χ0) is 15.5. The van der Waals surface area contributed by atoms with Gasteiger partial charge in [-0.1, -0.05) is 42.5 Å². The highest BCUT2D eigenvalue weighted by Gasteiger charge is 2.31. The van der Waals surface area contributed by atoms with Crippen LogP contribution in [-0.4, -0.2) is 30.4 Å². The predicted molar refractivity (Wildman–Crippen MR) is 91.6 cm³/mol. The molecule has 0 aromatic heterocycles. The molecule has 0 bridgehead atoms. The smallest absolute Gasteiger partial charge is 0.238 e. The lowest BCUT2D eigenvalue weighted by Gasteiger charge is -2.41. The minimum Gasteiger partial charge on any atom is -0.325 e. The highest BCUT2D eigenvalue weighted by Crippen LogP contribution is 2.35. The van der Waals surface area contributed by atoms with Crippen LogP contribution in [0.15, 0.2) is 18.2 Å². The summed E-state index contributed by atoms with van der Waals surface area (Å²) in [7, 11) is 0. The third kappa shape index (κ3) is 4.15. The van der Waals surface area contributed by atoms with Gasteiger partial charge in [-0.05, 0) is 49.4 Å². The normalized spacial score (nSPS) is 25.5. The molecule has 1 aliphatic heterocycles. The summed E-state index contributed by atoms with van der Waals surface area (Å²) in [5.74, 6) is 1.68. The molecule has 2 fully saturated rings. The Labute approximate surface area is 142 Å². The van der Waals surface area contributed by atoms with Gasteiger partial charge in [0.1, 0.15) is 0 Å². The Morgan fingerprint density at radius 1 is 1.09 bits per heavy atom. The Bertz CT molecular complexity index is 529. The van der Waals surface area contributed by atoms with Gasteiger partial charge in [0.25, 0.3) is 0 Å². The minimum absolute atomic E-state index is 0.00703. The summed E-state index contributed by atoms with van der Waals surface area (Å²) in [6.45, 7) is 2.55. The van der Waals surface area contributed by atoms with Crippen molar-refractivity contribution in [1.29, 1.82) is 0 Å². The zero-order valence-corrected chi connectivity index (χ0v) is 14.2. The van der Waals surface area contributed by atoms with Crippen LogP contribution < -0.4 is 5.32 Å². The van der Waals surface area contributed by atoms with Crippen molar-refractivity contribution >= 4 is 34.8 Å². The predicted octanol–water partition coefficient (Wildman–Crippen LogP) is 4.44. The Kier molecular flexibility index (Phi) is 5.27. The lowest BCUT2D eigenvalue weighted by atomic mass is 9.75. The highest BCUT2D eigenvalue weighted by molar-refractivity contribution is 6.35. The molecule has 2 atom stereocenters. The first-order valence-electron chi connectivity index (χ1n) is 8.08. The molecule has 0 unspecified atom stereocenters. The number of halogens is 2. The standard InChI is InChI=1S/C17H22Cl2N2O/c18-14-7-15(19)9-16(8-14)20-17(22)11-21-6-5-12-3-1-2-4-13(12)10-21/h7-9,12-13H,1-6,10-11H2,(H,20,22)/t12-,13+/m1/s1. The van der Waals surface area contributed by atoms with Crippen LogP contribution in [0.1, 0.15) is 32.1 Å². The number of fused-ring (bicyclic) bond motifs is 1. The lowest BCUT2D eigenvalue weighted by molar-refractivity contribution is -0.118. The van der Waals surface area contributed by atoms with Crippen LogP contribution in [0.25, 0.3) is 0 Å². The van der Waals surface area contributed by atoms with E-state index in [2.05, 4.69) is 10.2 Å². The van der Waals surface area contributed by atoms with E-state index in [0.29, 0.717) is 22.3 Å². The molecule has 3 rings (SSSR count). The average Bonchev–Trinajstić information content (AvgIpc) is 2.45. The number of carbonyl (C=O) groups excluding carboxylic acids is 1. The maximum absolute atomic E-state index is 12.2. The molecule has 1 heterocycles. The molecular formula is C17H22Cl2N2O. The van der Waals surface area contributed by atoms with E-state index in [9.17, 15) is 4.79 Å². The fourth-order valence-electron chi connectivity index (χ4n) is 3.85. The van der Waals surface area contributed by atoms with E-state index >= 15 is 0 Å². The van der Waals surface area contributed by atoms with Crippen molar-refractivity contribution in [3.8, 4) is 0 Å². The topological polar surface area (TPSA) is 32.3 Å². The molecule has 1 saturated carbocycles. The quantitative estimate of drug-likeness (QED) is 0.881. The fraction of sp³-hybridized carbons (Fsp3) is 0.588. The number of piperidine rings is 1. The summed E-state index contributed by atoms with van der Waals surface area (Å²) >= 11 is 11.9. The number of hydrogen-bond donors (Lipinski definition) is 1. The third-order valence-electron chi connectivity index (χ3n) is 4.89. The molecule has 1 saturated heterocycles. The Balaban J connectivity index is 1.53. The number of rotatable bonds is 3. The number of carbonyl (C=O) groups is 1. The molecule has 3 nitrogen and oxygen atoms in total. The third-order valence-corrected chi connectivity index (χ3v) is 5.33. The second kappa shape index (κ2) is 7.20. The van der Waals surface area contributed by atoms with E-state index in [1.54, 1.807) is 18.2 Å². The summed E-state index contributed by atoms with van der Waals surface area (Å²) in [6, 6.07) is 5.10. The maximum atomic E-state index is 12.2. The molecule has 0 spiro atoms. The summed E-state index contributed by atoms with van der Waals surface area (Å²) in [5.41, 5.74) is 0.662. The molecule has 22 heavy (non-hydrogen) atoms. The van der Waals surface area contributed by atoms with Gasteiger partial charge < -0.3 is 5.32 Å². The number of nitrogens with zero attached hydrogens (tertiary/aromatic N) is 1. The maximum Gasteiger partial charge on any atom is 0.238 e. The van der Waals surface area contributed by atoms with Gasteiger partial charge in [-0.15, -0.1) is 0 Å². The first kappa shape index (κ1) is 16.1. The van der Waals surface area contributed by atoms with Crippen molar-refractivity contribution in [2.75, 3.05) is 25.0 Å². The number of benzene rings is 1. The van der Waals surface area contributed by atoms with E-state index in [4.69, 9.17) is 23.2 Å². The van der Waals surface area contributed by atoms with Gasteiger partial charge >= 0.3 is 0 Å². The van der Waals surface area contributed by atoms with Gasteiger partial charge in [0.05, 0.1) is 6.54 Å². The summed E-state index contributed by atoms with van der Waals surface area (Å²) in [6.07, 6.45) is 6.68. The van der Waals surface area contributed by atoms with Crippen molar-refractivity contribution in [1.82, 2.24) is 4.90 Å². The number of nitrogens with one attached hydrogen (secondary N) is 1. The van der Waals surface area contributed by atoms with Crippen molar-refractivity contribution in [3.63, 3.8) is 0 Å². The van der Waals surface area contributed by atoms with Crippen LogP contribution >= 0.6 is 23.2 Å². The molecular weight excluding hydrogens is 319 g/mol. The monoisotopic (exact) mass is 340 g/mol. The number of anilines is 1. The van der Waals surface area contributed by atoms with Gasteiger partial charge in [-0.2, -0.15) is 0 Å². The van der Waals surface area contributed by atoms with Gasteiger partial charge in [0.2, 0.25) is 5.91 Å². The minimum atomic E-state index is 0.00703. The van der Waals surface area contributed by atoms with Crippen LogP contribution in [0, 0.1) is 11.8 Å². The van der Waals surface area contributed by atoms with E-state index in [0.717, 1.165) is 24.9 Å². The van der Waals surface area contributed by atoms with Crippen LogP contribution in [0.5, 0.6) is 0 Å². The Morgan fingerprint density at radius 2 is 1.77 bits per heavy atom. The molecule has 1 aromatic rings. The molecule has 1 amide bonds. The molecule has 1 aliphatic carbocycles. The molecule has 120 valence electrons. The summed E-state index contributed by atoms with van der Waals surface area (Å²) in [4.78, 5) is 14.5. The van der Waals surface area contributed by atoms with Gasteiger partial charge in [0.15, 0.2) is 0 Å². The summed E-state index contributed by atoms with van der Waals surface area (Å²) in [5, 5.41) is 3.96. The number of hydrogen-bond acceptors (Lipinski definition) is 2. The second-order valence-corrected chi connectivity index (χ2v) is 7.41. The Hall–Kier alpha value is -0.770. The number of likely N-dealkylation sites (tertiary alicyclic amines) is 1. The lowest BCUT2D eigenvalue weighted by Crippen LogP contribution is -2.44. The van der Waals surface area contributed by atoms with Crippen LogP contribution in [0.2, 0.25) is 10.0 Å². The second-order valence-electron chi connectivity index (χ2n) is 6.53. The average molecular weight is 341 g/mol. The molecule has 1 N–H and O–H groups in total. The van der Waals surface area contributed by atoms with Gasteiger partial charge in [0, 0.05) is 22.3 Å². The highest BCUT2D eigenvalue weighted by atomic mass is 35.5. The van der Waals surface area contributed by atoms with Crippen LogP contribution in [-0.2, 0) is 4.79 Å². The fourth-order valence-corrected chi connectivity index (χ4v) is 4.38. The SMILES string of the molecule is O=C(CN1CC[C@H]2CCCC[C@H]2C1)Nc1cc(Cl)cc(Cl)c1. The van der Waals surface area contributed by atoms with Crippen molar-refractivity contribution in [3.05, 3.63) is 28.2 Å². The van der Waals surface area contributed by atoms with Crippen molar-refractivity contribution < 1.29 is 4.79 Å². The van der Waals surface area contributed by atoms with E-state index in [1.165, 1.54) is 32.1 Å². The van der Waals surface area contributed by atoms with E-state index in [1.807, 2.05) is 0 Å². The van der Waals surface area contributed by atoms with Gasteiger partial charge in [-0.3, -0.25) is 9.69 Å². The van der Waals surface area contributed by atoms with Crippen molar-refractivity contribution in [2.45, 2.75) is 32.1 Å². The van der Waals surface area contributed by atoms with Gasteiger partial charge in [-0.25, -0.2) is 0 Å². The first-order chi connectivity index (χ1) is 10.6. The number of amides is 1. The van der Waals surface area contributed by atoms with Crippen LogP contribution in [0.4, 0.5) is 5.69 Å². The Morgan fingerprint density at radius 3 is 2.50 bits per heavy atom. The largest absolute Gasteiger partial charge is 0.325 e. The van der Waals surface area contributed by atoms with Crippen molar-refractivity contribution in [2.24, 2.45) is 11.8 Å². The molecule has 0 radical (unpaired) electrons. The van der Waals surface area contributed by atoms with E-state index < -0.39 is 0 Å². The zero-order valence-electron chi connectivity index (χ0n) is 12.7. The molecule has 5 heteroatoms.